The number of anilines is 2. The van der Waals surface area contributed by atoms with Gasteiger partial charge >= 0.3 is 6.09 Å². The molecule has 2 amide bonds. The van der Waals surface area contributed by atoms with Crippen LogP contribution in [0.1, 0.15) is 6.42 Å². The number of nitrogens with zero attached hydrogens (tertiary/aromatic N) is 5. The van der Waals surface area contributed by atoms with E-state index in [0.29, 0.717) is 61.2 Å². The zero-order chi connectivity index (χ0) is 24.4. The minimum absolute atomic E-state index is 0.0639. The monoisotopic (exact) mass is 481 g/mol. The fourth-order valence-electron chi connectivity index (χ4n) is 3.89. The number of pyridine rings is 2. The van der Waals surface area contributed by atoms with Gasteiger partial charge in [0.2, 0.25) is 5.88 Å². The van der Waals surface area contributed by atoms with Crippen LogP contribution >= 0.6 is 0 Å². The highest BCUT2D eigenvalue weighted by molar-refractivity contribution is 5.95. The molecule has 0 bridgehead atoms. The molecule has 0 aromatic carbocycles. The highest BCUT2D eigenvalue weighted by Crippen LogP contribution is 2.30. The molecule has 13 heteroatoms. The molecule has 0 radical (unpaired) electrons. The Morgan fingerprint density at radius 2 is 2.06 bits per heavy atom. The SMILES string of the molecule is COc1ccc2ncc(=O)n(CCNCCC3CN(c4ccc5c(n4)NC(=O)CO5)C(=O)O3)c2n1. The van der Waals surface area contributed by atoms with Crippen LogP contribution in [0.25, 0.3) is 11.2 Å². The van der Waals surface area contributed by atoms with Crippen LogP contribution in [0.3, 0.4) is 0 Å². The minimum Gasteiger partial charge on any atom is -0.481 e. The molecular formula is C22H23N7O6. The molecule has 2 aliphatic heterocycles. The molecule has 0 aliphatic carbocycles. The normalized spacial score (nSPS) is 17.1. The van der Waals surface area contributed by atoms with Gasteiger partial charge in [0.25, 0.3) is 11.5 Å². The molecule has 1 fully saturated rings. The molecule has 5 rings (SSSR count). The fourth-order valence-corrected chi connectivity index (χ4v) is 3.89. The molecule has 35 heavy (non-hydrogen) atoms. The average molecular weight is 481 g/mol. The van der Waals surface area contributed by atoms with Crippen molar-refractivity contribution < 1.29 is 23.8 Å². The molecule has 182 valence electrons. The molecule has 1 saturated heterocycles. The van der Waals surface area contributed by atoms with E-state index in [4.69, 9.17) is 14.2 Å². The summed E-state index contributed by atoms with van der Waals surface area (Å²) in [6, 6.07) is 6.76. The maximum Gasteiger partial charge on any atom is 0.415 e. The van der Waals surface area contributed by atoms with Gasteiger partial charge in [0, 0.05) is 19.2 Å². The van der Waals surface area contributed by atoms with Crippen molar-refractivity contribution in [1.82, 2.24) is 24.8 Å². The number of nitrogens with one attached hydrogen (secondary N) is 2. The zero-order valence-corrected chi connectivity index (χ0v) is 18.9. The lowest BCUT2D eigenvalue weighted by molar-refractivity contribution is -0.118. The lowest BCUT2D eigenvalue weighted by atomic mass is 10.2. The van der Waals surface area contributed by atoms with Gasteiger partial charge in [-0.25, -0.2) is 14.8 Å². The summed E-state index contributed by atoms with van der Waals surface area (Å²) in [5, 5.41) is 5.90. The van der Waals surface area contributed by atoms with Crippen molar-refractivity contribution in [2.75, 3.05) is 43.6 Å². The summed E-state index contributed by atoms with van der Waals surface area (Å²) in [6.45, 7) is 1.74. The highest BCUT2D eigenvalue weighted by atomic mass is 16.6. The van der Waals surface area contributed by atoms with E-state index < -0.39 is 6.09 Å². The van der Waals surface area contributed by atoms with Crippen LogP contribution in [-0.4, -0.2) is 71.0 Å². The third-order valence-corrected chi connectivity index (χ3v) is 5.64. The van der Waals surface area contributed by atoms with Gasteiger partial charge in [0.1, 0.15) is 17.4 Å². The lowest BCUT2D eigenvalue weighted by Crippen LogP contribution is -2.30. The first-order valence-electron chi connectivity index (χ1n) is 11.0. The Kier molecular flexibility index (Phi) is 6.14. The number of aromatic nitrogens is 4. The van der Waals surface area contributed by atoms with Crippen LogP contribution in [0, 0.1) is 0 Å². The number of ether oxygens (including phenoxy) is 3. The summed E-state index contributed by atoms with van der Waals surface area (Å²) < 4.78 is 17.5. The van der Waals surface area contributed by atoms with E-state index in [2.05, 4.69) is 25.6 Å². The van der Waals surface area contributed by atoms with E-state index >= 15 is 0 Å². The molecular weight excluding hydrogens is 458 g/mol. The van der Waals surface area contributed by atoms with Gasteiger partial charge in [-0.15, -0.1) is 0 Å². The first-order valence-corrected chi connectivity index (χ1v) is 11.0. The number of amides is 2. The number of carbonyl (C=O) groups excluding carboxylic acids is 2. The number of fused-ring (bicyclic) bond motifs is 2. The third-order valence-electron chi connectivity index (χ3n) is 5.64. The van der Waals surface area contributed by atoms with Crippen molar-refractivity contribution >= 4 is 34.8 Å². The van der Waals surface area contributed by atoms with E-state index in [9.17, 15) is 14.4 Å². The number of carbonyl (C=O) groups is 2. The maximum atomic E-state index is 12.4. The maximum absolute atomic E-state index is 12.4. The van der Waals surface area contributed by atoms with Crippen LogP contribution in [0.4, 0.5) is 16.4 Å². The smallest absolute Gasteiger partial charge is 0.415 e. The van der Waals surface area contributed by atoms with Crippen molar-refractivity contribution in [3.8, 4) is 11.6 Å². The van der Waals surface area contributed by atoms with E-state index in [1.165, 1.54) is 18.2 Å². The van der Waals surface area contributed by atoms with Crippen molar-refractivity contribution in [1.29, 1.82) is 0 Å². The summed E-state index contributed by atoms with van der Waals surface area (Å²) in [7, 11) is 1.51. The van der Waals surface area contributed by atoms with Crippen molar-refractivity contribution in [2.24, 2.45) is 0 Å². The van der Waals surface area contributed by atoms with Gasteiger partial charge in [-0.05, 0) is 31.2 Å². The summed E-state index contributed by atoms with van der Waals surface area (Å²) in [4.78, 5) is 50.4. The summed E-state index contributed by atoms with van der Waals surface area (Å²) >= 11 is 0. The van der Waals surface area contributed by atoms with E-state index in [1.54, 1.807) is 28.8 Å². The molecule has 3 aromatic rings. The molecule has 1 unspecified atom stereocenters. The molecule has 3 aromatic heterocycles. The predicted molar refractivity (Wildman–Crippen MR) is 124 cm³/mol. The van der Waals surface area contributed by atoms with Crippen molar-refractivity contribution in [3.05, 3.63) is 40.8 Å². The van der Waals surface area contributed by atoms with E-state index in [1.807, 2.05) is 0 Å². The number of hydrogen-bond donors (Lipinski definition) is 2. The highest BCUT2D eigenvalue weighted by Gasteiger charge is 2.33. The second-order valence-corrected chi connectivity index (χ2v) is 7.95. The molecule has 13 nitrogen and oxygen atoms in total. The summed E-state index contributed by atoms with van der Waals surface area (Å²) in [6.07, 6.45) is 1.02. The van der Waals surface area contributed by atoms with Crippen LogP contribution in [0.2, 0.25) is 0 Å². The first kappa shape index (κ1) is 22.5. The second kappa shape index (κ2) is 9.54. The number of methoxy groups -OCH3 is 1. The van der Waals surface area contributed by atoms with Crippen molar-refractivity contribution in [2.45, 2.75) is 19.1 Å². The quantitative estimate of drug-likeness (QED) is 0.436. The molecule has 0 spiro atoms. The standard InChI is InChI=1S/C22H23N7O6/c1-33-18-5-2-14-21(27-18)28(19(31)10-24-14)9-8-23-7-6-13-11-29(22(32)35-13)16-4-3-15-20(25-16)26-17(30)12-34-15/h2-5,10,13,23H,6-9,11-12H2,1H3,(H,25,26,30). The van der Waals surface area contributed by atoms with Gasteiger partial charge in [-0.2, -0.15) is 4.98 Å². The van der Waals surface area contributed by atoms with Crippen LogP contribution in [0.5, 0.6) is 11.6 Å². The Morgan fingerprint density at radius 1 is 1.17 bits per heavy atom. The molecule has 1 atom stereocenters. The fraction of sp³-hybridized carbons (Fsp3) is 0.364. The van der Waals surface area contributed by atoms with E-state index in [-0.39, 0.29) is 30.0 Å². The number of cyclic esters (lactones) is 1. The third kappa shape index (κ3) is 4.71. The summed E-state index contributed by atoms with van der Waals surface area (Å²) in [5.74, 6) is 1.22. The van der Waals surface area contributed by atoms with Gasteiger partial charge in [-0.1, -0.05) is 0 Å². The van der Waals surface area contributed by atoms with Gasteiger partial charge in [0.05, 0.1) is 19.9 Å². The largest absolute Gasteiger partial charge is 0.481 e. The van der Waals surface area contributed by atoms with Crippen LogP contribution < -0.4 is 30.6 Å². The Labute approximate surface area is 199 Å². The van der Waals surface area contributed by atoms with Gasteiger partial charge in [-0.3, -0.25) is 19.1 Å². The number of rotatable bonds is 8. The lowest BCUT2D eigenvalue weighted by Gasteiger charge is -2.19. The Morgan fingerprint density at radius 3 is 2.91 bits per heavy atom. The second-order valence-electron chi connectivity index (χ2n) is 7.95. The predicted octanol–water partition coefficient (Wildman–Crippen LogP) is 0.531. The number of hydrogen-bond acceptors (Lipinski definition) is 10. The minimum atomic E-state index is -0.500. The molecule has 2 aliphatic rings. The van der Waals surface area contributed by atoms with Crippen LogP contribution in [0.15, 0.2) is 35.3 Å². The summed E-state index contributed by atoms with van der Waals surface area (Å²) in [5.41, 5.74) is 0.808. The molecule has 0 saturated carbocycles. The Bertz CT molecular complexity index is 1340. The molecule has 2 N–H and O–H groups in total. The van der Waals surface area contributed by atoms with Crippen molar-refractivity contribution in [3.63, 3.8) is 0 Å². The Hall–Kier alpha value is -4.26. The van der Waals surface area contributed by atoms with E-state index in [0.717, 1.165) is 0 Å². The Balaban J connectivity index is 1.14. The van der Waals surface area contributed by atoms with Gasteiger partial charge < -0.3 is 24.8 Å². The zero-order valence-electron chi connectivity index (χ0n) is 18.9. The van der Waals surface area contributed by atoms with Crippen LogP contribution in [-0.2, 0) is 16.1 Å². The topological polar surface area (TPSA) is 150 Å². The average Bonchev–Trinajstić information content (AvgIpc) is 3.24. The first-order chi connectivity index (χ1) is 17.0. The molecule has 5 heterocycles. The van der Waals surface area contributed by atoms with Gasteiger partial charge in [0.15, 0.2) is 23.8 Å².